The lowest BCUT2D eigenvalue weighted by molar-refractivity contribution is 0.141. The molecule has 0 spiro atoms. The highest BCUT2D eigenvalue weighted by Crippen LogP contribution is 2.27. The molecule has 0 amide bonds. The number of nitrogens with one attached hydrogen (secondary N) is 1. The lowest BCUT2D eigenvalue weighted by Gasteiger charge is -2.21. The molecule has 0 saturated heterocycles. The molecular weight excluding hydrogens is 258 g/mol. The molecule has 0 radical (unpaired) electrons. The summed E-state index contributed by atoms with van der Waals surface area (Å²) in [5, 5.41) is 4.38. The Bertz CT molecular complexity index is 354. The maximum absolute atomic E-state index is 6.32. The Balaban J connectivity index is 2.60. The SMILES string of the molecule is CCOCCCC(CNC(C)C)c1ccccc1Cl. The molecule has 1 unspecified atom stereocenters. The van der Waals surface area contributed by atoms with Gasteiger partial charge in [0.2, 0.25) is 0 Å². The summed E-state index contributed by atoms with van der Waals surface area (Å²) in [4.78, 5) is 0. The third-order valence-electron chi connectivity index (χ3n) is 3.16. The van der Waals surface area contributed by atoms with Crippen molar-refractivity contribution < 1.29 is 4.74 Å². The number of hydrogen-bond acceptors (Lipinski definition) is 2. The van der Waals surface area contributed by atoms with Crippen LogP contribution in [0.3, 0.4) is 0 Å². The monoisotopic (exact) mass is 283 g/mol. The van der Waals surface area contributed by atoms with E-state index in [1.165, 1.54) is 5.56 Å². The number of ether oxygens (including phenoxy) is 1. The molecule has 0 aliphatic heterocycles. The second-order valence-electron chi connectivity index (χ2n) is 5.12. The molecule has 108 valence electrons. The molecule has 0 bridgehead atoms. The lowest BCUT2D eigenvalue weighted by atomic mass is 9.94. The van der Waals surface area contributed by atoms with Gasteiger partial charge in [0.05, 0.1) is 0 Å². The third kappa shape index (κ3) is 6.42. The highest BCUT2D eigenvalue weighted by Gasteiger charge is 2.14. The van der Waals surface area contributed by atoms with Crippen LogP contribution in [0.1, 0.15) is 45.1 Å². The summed E-state index contributed by atoms with van der Waals surface area (Å²) in [5.74, 6) is 0.455. The van der Waals surface area contributed by atoms with E-state index in [-0.39, 0.29) is 0 Å². The summed E-state index contributed by atoms with van der Waals surface area (Å²) >= 11 is 6.32. The van der Waals surface area contributed by atoms with E-state index in [0.29, 0.717) is 12.0 Å². The zero-order valence-electron chi connectivity index (χ0n) is 12.3. The van der Waals surface area contributed by atoms with Gasteiger partial charge in [-0.2, -0.15) is 0 Å². The van der Waals surface area contributed by atoms with Crippen molar-refractivity contribution in [2.45, 2.75) is 45.6 Å². The van der Waals surface area contributed by atoms with Crippen molar-refractivity contribution in [3.05, 3.63) is 34.9 Å². The molecule has 2 nitrogen and oxygen atoms in total. The van der Waals surface area contributed by atoms with Gasteiger partial charge in [-0.3, -0.25) is 0 Å². The van der Waals surface area contributed by atoms with E-state index in [1.54, 1.807) is 0 Å². The normalized spacial score (nSPS) is 12.9. The van der Waals surface area contributed by atoms with Gasteiger partial charge in [-0.1, -0.05) is 43.6 Å². The smallest absolute Gasteiger partial charge is 0.0466 e. The van der Waals surface area contributed by atoms with E-state index in [1.807, 2.05) is 19.1 Å². The quantitative estimate of drug-likeness (QED) is 0.685. The maximum atomic E-state index is 6.32. The van der Waals surface area contributed by atoms with E-state index in [0.717, 1.165) is 37.6 Å². The Morgan fingerprint density at radius 2 is 2.00 bits per heavy atom. The first kappa shape index (κ1) is 16.5. The molecule has 0 fully saturated rings. The van der Waals surface area contributed by atoms with E-state index < -0.39 is 0 Å². The summed E-state index contributed by atoms with van der Waals surface area (Å²) in [5.41, 5.74) is 1.24. The summed E-state index contributed by atoms with van der Waals surface area (Å²) in [7, 11) is 0. The van der Waals surface area contributed by atoms with E-state index in [2.05, 4.69) is 31.3 Å². The van der Waals surface area contributed by atoms with Crippen molar-refractivity contribution in [2.75, 3.05) is 19.8 Å². The third-order valence-corrected chi connectivity index (χ3v) is 3.51. The topological polar surface area (TPSA) is 21.3 Å². The molecular formula is C16H26ClNO. The van der Waals surface area contributed by atoms with Gasteiger partial charge in [-0.15, -0.1) is 0 Å². The lowest BCUT2D eigenvalue weighted by Crippen LogP contribution is -2.28. The zero-order chi connectivity index (χ0) is 14.1. The Morgan fingerprint density at radius 3 is 2.63 bits per heavy atom. The summed E-state index contributed by atoms with van der Waals surface area (Å²) < 4.78 is 5.42. The van der Waals surface area contributed by atoms with E-state index in [9.17, 15) is 0 Å². The first-order valence-electron chi connectivity index (χ1n) is 7.20. The molecule has 1 aromatic rings. The molecule has 0 heterocycles. The fourth-order valence-electron chi connectivity index (χ4n) is 2.13. The first-order valence-corrected chi connectivity index (χ1v) is 7.58. The molecule has 1 rings (SSSR count). The minimum atomic E-state index is 0.455. The molecule has 3 heteroatoms. The van der Waals surface area contributed by atoms with Crippen LogP contribution < -0.4 is 5.32 Å². The Morgan fingerprint density at radius 1 is 1.26 bits per heavy atom. The van der Waals surface area contributed by atoms with Crippen molar-refractivity contribution in [3.63, 3.8) is 0 Å². The van der Waals surface area contributed by atoms with Crippen LogP contribution in [0, 0.1) is 0 Å². The Kier molecular flexibility index (Phi) is 8.11. The second-order valence-corrected chi connectivity index (χ2v) is 5.53. The van der Waals surface area contributed by atoms with Gasteiger partial charge in [-0.25, -0.2) is 0 Å². The van der Waals surface area contributed by atoms with Gasteiger partial charge < -0.3 is 10.1 Å². The number of benzene rings is 1. The largest absolute Gasteiger partial charge is 0.382 e. The van der Waals surface area contributed by atoms with Gasteiger partial charge in [0.15, 0.2) is 0 Å². The summed E-state index contributed by atoms with van der Waals surface area (Å²) in [6.07, 6.45) is 2.17. The fraction of sp³-hybridized carbons (Fsp3) is 0.625. The van der Waals surface area contributed by atoms with Gasteiger partial charge in [0, 0.05) is 30.8 Å². The van der Waals surface area contributed by atoms with Gasteiger partial charge >= 0.3 is 0 Å². The van der Waals surface area contributed by atoms with Gasteiger partial charge in [0.25, 0.3) is 0 Å². The van der Waals surface area contributed by atoms with E-state index in [4.69, 9.17) is 16.3 Å². The molecule has 1 aromatic carbocycles. The van der Waals surface area contributed by atoms with Crippen LogP contribution in [-0.2, 0) is 4.74 Å². The van der Waals surface area contributed by atoms with Gasteiger partial charge in [0.1, 0.15) is 0 Å². The van der Waals surface area contributed by atoms with Crippen molar-refractivity contribution >= 4 is 11.6 Å². The van der Waals surface area contributed by atoms with Crippen LogP contribution in [0.15, 0.2) is 24.3 Å². The Hall–Kier alpha value is -0.570. The van der Waals surface area contributed by atoms with Crippen LogP contribution >= 0.6 is 11.6 Å². The number of hydrogen-bond donors (Lipinski definition) is 1. The van der Waals surface area contributed by atoms with Crippen LogP contribution in [0.2, 0.25) is 5.02 Å². The highest BCUT2D eigenvalue weighted by molar-refractivity contribution is 6.31. The number of rotatable bonds is 9. The second kappa shape index (κ2) is 9.35. The van der Waals surface area contributed by atoms with Crippen molar-refractivity contribution in [1.82, 2.24) is 5.32 Å². The fourth-order valence-corrected chi connectivity index (χ4v) is 2.42. The zero-order valence-corrected chi connectivity index (χ0v) is 13.0. The predicted octanol–water partition coefficient (Wildman–Crippen LogP) is 4.24. The average molecular weight is 284 g/mol. The van der Waals surface area contributed by atoms with Crippen molar-refractivity contribution in [1.29, 1.82) is 0 Å². The molecule has 0 aromatic heterocycles. The molecule has 0 aliphatic carbocycles. The van der Waals surface area contributed by atoms with Crippen molar-refractivity contribution in [2.24, 2.45) is 0 Å². The van der Waals surface area contributed by atoms with Crippen LogP contribution in [-0.4, -0.2) is 25.8 Å². The molecule has 1 atom stereocenters. The number of halogens is 1. The van der Waals surface area contributed by atoms with Gasteiger partial charge in [-0.05, 0) is 37.3 Å². The Labute approximate surface area is 122 Å². The minimum absolute atomic E-state index is 0.455. The van der Waals surface area contributed by atoms with Crippen LogP contribution in [0.4, 0.5) is 0 Å². The summed E-state index contributed by atoms with van der Waals surface area (Å²) in [6.45, 7) is 8.97. The summed E-state index contributed by atoms with van der Waals surface area (Å²) in [6, 6.07) is 8.65. The van der Waals surface area contributed by atoms with Crippen molar-refractivity contribution in [3.8, 4) is 0 Å². The predicted molar refractivity (Wildman–Crippen MR) is 83.1 cm³/mol. The average Bonchev–Trinajstić information content (AvgIpc) is 2.39. The standard InChI is InChI=1S/C16H26ClNO/c1-4-19-11-7-8-14(12-18-13(2)3)15-9-5-6-10-16(15)17/h5-6,9-10,13-14,18H,4,7-8,11-12H2,1-3H3. The molecule has 19 heavy (non-hydrogen) atoms. The van der Waals surface area contributed by atoms with Crippen LogP contribution in [0.25, 0.3) is 0 Å². The first-order chi connectivity index (χ1) is 9.15. The highest BCUT2D eigenvalue weighted by atomic mass is 35.5. The van der Waals surface area contributed by atoms with E-state index >= 15 is 0 Å². The molecule has 0 saturated carbocycles. The maximum Gasteiger partial charge on any atom is 0.0466 e. The molecule has 0 aliphatic rings. The molecule has 1 N–H and O–H groups in total. The minimum Gasteiger partial charge on any atom is -0.382 e. The van der Waals surface area contributed by atoms with Crippen LogP contribution in [0.5, 0.6) is 0 Å².